The van der Waals surface area contributed by atoms with E-state index in [1.807, 2.05) is 36.7 Å². The minimum atomic E-state index is -0.463. The van der Waals surface area contributed by atoms with Gasteiger partial charge in [0.25, 0.3) is 0 Å². The summed E-state index contributed by atoms with van der Waals surface area (Å²) >= 11 is -0.463. The molecule has 0 spiro atoms. The first kappa shape index (κ1) is 22.3. The summed E-state index contributed by atoms with van der Waals surface area (Å²) in [5, 5.41) is 2.45. The molecule has 0 bridgehead atoms. The molecule has 0 radical (unpaired) electrons. The molecule has 39 heavy (non-hydrogen) atoms. The van der Waals surface area contributed by atoms with Crippen LogP contribution in [0.15, 0.2) is 134 Å². The number of benzene rings is 4. The SMILES string of the molecule is c1ccc(-c2ccc3c(c2)N(c2ccc4c5ccccc5n(-c5ccccn5)c4c2)c2ccccc2[AsH]3)nc1. The first-order valence-electron chi connectivity index (χ1n) is 13.0. The molecule has 7 aromatic rings. The van der Waals surface area contributed by atoms with E-state index in [1.165, 1.54) is 30.8 Å². The van der Waals surface area contributed by atoms with Crippen molar-refractivity contribution in [3.05, 3.63) is 134 Å². The van der Waals surface area contributed by atoms with E-state index in [2.05, 4.69) is 112 Å². The van der Waals surface area contributed by atoms with Crippen LogP contribution in [0.1, 0.15) is 0 Å². The fraction of sp³-hybridized carbons (Fsp3) is 0. The summed E-state index contributed by atoms with van der Waals surface area (Å²) in [5.41, 5.74) is 8.08. The zero-order chi connectivity index (χ0) is 25.8. The molecule has 3 aromatic heterocycles. The van der Waals surface area contributed by atoms with Gasteiger partial charge in [0, 0.05) is 0 Å². The zero-order valence-electron chi connectivity index (χ0n) is 21.0. The molecule has 1 aliphatic heterocycles. The van der Waals surface area contributed by atoms with Crippen LogP contribution in [0, 0.1) is 0 Å². The third-order valence-electron chi connectivity index (χ3n) is 7.41. The predicted molar refractivity (Wildman–Crippen MR) is 163 cm³/mol. The van der Waals surface area contributed by atoms with Crippen LogP contribution >= 0.6 is 0 Å². The second-order valence-electron chi connectivity index (χ2n) is 9.67. The maximum absolute atomic E-state index is 4.73. The Morgan fingerprint density at radius 1 is 0.538 bits per heavy atom. The first-order valence-corrected chi connectivity index (χ1v) is 15.1. The molecule has 4 nitrogen and oxygen atoms in total. The van der Waals surface area contributed by atoms with Crippen LogP contribution in [0.25, 0.3) is 38.9 Å². The van der Waals surface area contributed by atoms with Crippen LogP contribution < -0.4 is 13.6 Å². The number of pyridine rings is 2. The van der Waals surface area contributed by atoms with Gasteiger partial charge in [-0.1, -0.05) is 0 Å². The van der Waals surface area contributed by atoms with E-state index < -0.39 is 15.8 Å². The Bertz CT molecular complexity index is 2000. The predicted octanol–water partition coefficient (Wildman–Crippen LogP) is 6.41. The van der Waals surface area contributed by atoms with Crippen molar-refractivity contribution < 1.29 is 0 Å². The van der Waals surface area contributed by atoms with Gasteiger partial charge in [-0.25, -0.2) is 0 Å². The van der Waals surface area contributed by atoms with Crippen LogP contribution in [-0.4, -0.2) is 30.3 Å². The summed E-state index contributed by atoms with van der Waals surface area (Å²) in [5.74, 6) is 0.921. The number of hydrogen-bond acceptors (Lipinski definition) is 3. The van der Waals surface area contributed by atoms with Gasteiger partial charge in [0.1, 0.15) is 0 Å². The fourth-order valence-electron chi connectivity index (χ4n) is 5.67. The number of aromatic nitrogens is 3. The van der Waals surface area contributed by atoms with E-state index in [-0.39, 0.29) is 0 Å². The topological polar surface area (TPSA) is 34.0 Å². The van der Waals surface area contributed by atoms with Gasteiger partial charge in [0.05, 0.1) is 0 Å². The molecule has 5 heteroatoms. The number of hydrogen-bond donors (Lipinski definition) is 0. The second-order valence-corrected chi connectivity index (χ2v) is 12.5. The summed E-state index contributed by atoms with van der Waals surface area (Å²) in [6.07, 6.45) is 3.72. The molecule has 0 amide bonds. The molecule has 0 fully saturated rings. The molecule has 8 rings (SSSR count). The van der Waals surface area contributed by atoms with Crippen molar-refractivity contribution in [3.63, 3.8) is 0 Å². The van der Waals surface area contributed by atoms with Crippen molar-refractivity contribution in [1.82, 2.24) is 14.5 Å². The molecule has 0 saturated heterocycles. The van der Waals surface area contributed by atoms with Crippen LogP contribution in [0.4, 0.5) is 17.1 Å². The number of fused-ring (bicyclic) bond motifs is 5. The molecule has 1 atom stereocenters. The Hall–Kier alpha value is -4.66. The Kier molecular flexibility index (Phi) is 5.14. The molecule has 4 aromatic carbocycles. The quantitative estimate of drug-likeness (QED) is 0.234. The maximum atomic E-state index is 4.73. The molecule has 0 aliphatic carbocycles. The average molecular weight is 563 g/mol. The molecule has 4 heterocycles. The first-order chi connectivity index (χ1) is 19.3. The molecule has 0 saturated carbocycles. The van der Waals surface area contributed by atoms with Gasteiger partial charge < -0.3 is 0 Å². The average Bonchev–Trinajstić information content (AvgIpc) is 3.34. The molecule has 1 aliphatic rings. The van der Waals surface area contributed by atoms with E-state index >= 15 is 0 Å². The van der Waals surface area contributed by atoms with Gasteiger partial charge in [0.15, 0.2) is 0 Å². The summed E-state index contributed by atoms with van der Waals surface area (Å²) < 4.78 is 5.16. The summed E-state index contributed by atoms with van der Waals surface area (Å²) in [7, 11) is 0. The molecule has 184 valence electrons. The van der Waals surface area contributed by atoms with E-state index in [0.717, 1.165) is 33.8 Å². The third kappa shape index (κ3) is 3.60. The van der Waals surface area contributed by atoms with Gasteiger partial charge in [0.2, 0.25) is 0 Å². The number of anilines is 3. The number of nitrogens with zero attached hydrogens (tertiary/aromatic N) is 4. The zero-order valence-corrected chi connectivity index (χ0v) is 23.1. The van der Waals surface area contributed by atoms with Crippen molar-refractivity contribution >= 4 is 63.3 Å². The Morgan fingerprint density at radius 3 is 2.18 bits per heavy atom. The van der Waals surface area contributed by atoms with Crippen LogP contribution in [0.3, 0.4) is 0 Å². The van der Waals surface area contributed by atoms with Crippen molar-refractivity contribution in [1.29, 1.82) is 0 Å². The molecule has 0 N–H and O–H groups in total. The monoisotopic (exact) mass is 562 g/mol. The molecule has 1 unspecified atom stereocenters. The van der Waals surface area contributed by atoms with E-state index in [9.17, 15) is 0 Å². The van der Waals surface area contributed by atoms with Gasteiger partial charge in [-0.15, -0.1) is 0 Å². The van der Waals surface area contributed by atoms with Crippen molar-refractivity contribution in [2.75, 3.05) is 4.90 Å². The van der Waals surface area contributed by atoms with Crippen molar-refractivity contribution in [2.24, 2.45) is 0 Å². The van der Waals surface area contributed by atoms with Crippen LogP contribution in [0.5, 0.6) is 0 Å². The summed E-state index contributed by atoms with van der Waals surface area (Å²) in [6, 6.07) is 43.3. The normalized spacial score (nSPS) is 13.1. The summed E-state index contributed by atoms with van der Waals surface area (Å²) in [6.45, 7) is 0. The van der Waals surface area contributed by atoms with E-state index in [1.54, 1.807) is 0 Å². The van der Waals surface area contributed by atoms with Crippen LogP contribution in [-0.2, 0) is 0 Å². The van der Waals surface area contributed by atoms with E-state index in [4.69, 9.17) is 4.98 Å². The Labute approximate surface area is 232 Å². The number of rotatable bonds is 3. The molecular formula is C34H23AsN4. The van der Waals surface area contributed by atoms with Gasteiger partial charge >= 0.3 is 234 Å². The molecular weight excluding hydrogens is 539 g/mol. The number of para-hydroxylation sites is 2. The Morgan fingerprint density at radius 2 is 1.31 bits per heavy atom. The summed E-state index contributed by atoms with van der Waals surface area (Å²) in [4.78, 5) is 11.8. The van der Waals surface area contributed by atoms with Crippen molar-refractivity contribution in [2.45, 2.75) is 0 Å². The third-order valence-corrected chi connectivity index (χ3v) is 10.3. The van der Waals surface area contributed by atoms with Gasteiger partial charge in [-0.05, 0) is 0 Å². The van der Waals surface area contributed by atoms with Crippen LogP contribution in [0.2, 0.25) is 0 Å². The fourth-order valence-corrected chi connectivity index (χ4v) is 8.34. The standard InChI is InChI=1S/C34H23AsN4/c1-3-12-30-25(9-1)26-17-16-24(22-32(26)39(30)34-14-6-8-20-37-34)38-31-13-4-2-10-27(31)35-28-18-15-23(21-33(28)38)29-11-5-7-19-36-29/h1-22,35H. The van der Waals surface area contributed by atoms with Crippen molar-refractivity contribution in [3.8, 4) is 17.1 Å². The van der Waals surface area contributed by atoms with E-state index in [0.29, 0.717) is 0 Å². The Balaban J connectivity index is 1.39. The van der Waals surface area contributed by atoms with Gasteiger partial charge in [-0.3, -0.25) is 0 Å². The van der Waals surface area contributed by atoms with Gasteiger partial charge in [-0.2, -0.15) is 0 Å². The minimum absolute atomic E-state index is 0.463. The second kappa shape index (κ2) is 8.97.